The van der Waals surface area contributed by atoms with Crippen LogP contribution in [-0.2, 0) is 11.2 Å². The highest BCUT2D eigenvalue weighted by atomic mass is 16.2. The molecule has 0 saturated heterocycles. The van der Waals surface area contributed by atoms with Crippen molar-refractivity contribution in [2.75, 3.05) is 0 Å². The first kappa shape index (κ1) is 15.4. The molecule has 1 amide bonds. The zero-order valence-corrected chi connectivity index (χ0v) is 14.1. The normalized spacial score (nSPS) is 23.8. The number of para-hydroxylation sites is 1. The molecule has 0 bridgehead atoms. The van der Waals surface area contributed by atoms with Crippen LogP contribution in [0.4, 0.5) is 0 Å². The van der Waals surface area contributed by atoms with Gasteiger partial charge in [0.05, 0.1) is 6.04 Å². The van der Waals surface area contributed by atoms with Crippen LogP contribution in [-0.4, -0.2) is 22.6 Å². The Balaban J connectivity index is 1.52. The number of nitrogens with zero attached hydrogens (tertiary/aromatic N) is 1. The Morgan fingerprint density at radius 3 is 2.83 bits per heavy atom. The molecule has 1 aliphatic heterocycles. The number of rotatable bonds is 2. The molecule has 1 aromatic carbocycles. The van der Waals surface area contributed by atoms with Crippen molar-refractivity contribution in [1.29, 1.82) is 0 Å². The fourth-order valence-electron chi connectivity index (χ4n) is 3.91. The van der Waals surface area contributed by atoms with Crippen molar-refractivity contribution < 1.29 is 4.79 Å². The number of aromatic nitrogens is 1. The molecular formula is C19H24N4O. The van der Waals surface area contributed by atoms with Gasteiger partial charge in [-0.3, -0.25) is 10.1 Å². The van der Waals surface area contributed by atoms with E-state index >= 15 is 0 Å². The topological polar surface area (TPSA) is 69.3 Å². The lowest BCUT2D eigenvalue weighted by atomic mass is 9.94. The van der Waals surface area contributed by atoms with E-state index in [4.69, 9.17) is 0 Å². The molecule has 2 aromatic rings. The van der Waals surface area contributed by atoms with E-state index in [9.17, 15) is 4.79 Å². The van der Waals surface area contributed by atoms with Crippen LogP contribution in [0.1, 0.15) is 56.3 Å². The molecule has 1 fully saturated rings. The van der Waals surface area contributed by atoms with E-state index in [1.165, 1.54) is 35.9 Å². The minimum absolute atomic E-state index is 0.0316. The second-order valence-corrected chi connectivity index (χ2v) is 6.92. The van der Waals surface area contributed by atoms with Gasteiger partial charge in [-0.25, -0.2) is 5.43 Å². The van der Waals surface area contributed by atoms with Gasteiger partial charge in [-0.1, -0.05) is 24.6 Å². The highest BCUT2D eigenvalue weighted by Gasteiger charge is 2.30. The summed E-state index contributed by atoms with van der Waals surface area (Å²) in [5.41, 5.74) is 7.50. The number of carbonyl (C=O) groups excluding carboxylic acids is 1. The maximum Gasteiger partial charge on any atom is 0.257 e. The van der Waals surface area contributed by atoms with Crippen molar-refractivity contribution in [3.8, 4) is 0 Å². The van der Waals surface area contributed by atoms with Gasteiger partial charge < -0.3 is 4.98 Å². The number of hydrogen-bond acceptors (Lipinski definition) is 3. The molecule has 0 unspecified atom stereocenters. The predicted octanol–water partition coefficient (Wildman–Crippen LogP) is 3.18. The third-order valence-electron chi connectivity index (χ3n) is 5.21. The van der Waals surface area contributed by atoms with Crippen molar-refractivity contribution in [3.63, 3.8) is 0 Å². The smallest absolute Gasteiger partial charge is 0.257 e. The van der Waals surface area contributed by atoms with Gasteiger partial charge in [0, 0.05) is 28.4 Å². The Morgan fingerprint density at radius 1 is 1.21 bits per heavy atom. The van der Waals surface area contributed by atoms with Crippen molar-refractivity contribution >= 4 is 22.5 Å². The Labute approximate surface area is 141 Å². The Morgan fingerprint density at radius 2 is 2.00 bits per heavy atom. The summed E-state index contributed by atoms with van der Waals surface area (Å²) in [5.74, 6) is -0.0316. The van der Waals surface area contributed by atoms with Gasteiger partial charge in [-0.2, -0.15) is 5.10 Å². The second-order valence-electron chi connectivity index (χ2n) is 6.92. The number of aromatic amines is 1. The van der Waals surface area contributed by atoms with Gasteiger partial charge in [0.1, 0.15) is 0 Å². The SMILES string of the molecule is C[C@@H]1N[C@H](C(=O)NN=C2CCCCC2)Cc2c1[nH]c1ccccc21. The molecule has 24 heavy (non-hydrogen) atoms. The summed E-state index contributed by atoms with van der Waals surface area (Å²) in [6, 6.07) is 8.18. The number of carbonyl (C=O) groups is 1. The Bertz CT molecular complexity index is 784. The summed E-state index contributed by atoms with van der Waals surface area (Å²) in [6.45, 7) is 2.10. The Hall–Kier alpha value is -2.14. The van der Waals surface area contributed by atoms with Crippen molar-refractivity contribution in [1.82, 2.24) is 15.7 Å². The first-order valence-corrected chi connectivity index (χ1v) is 8.93. The maximum absolute atomic E-state index is 12.6. The predicted molar refractivity (Wildman–Crippen MR) is 96.0 cm³/mol. The standard InChI is InChI=1S/C19H24N4O/c1-12-18-15(14-9-5-6-10-16(14)21-18)11-17(20-12)19(24)23-22-13-7-3-2-4-8-13/h5-6,9-10,12,17,20-21H,2-4,7-8,11H2,1H3,(H,23,24)/t12-,17-/m0/s1. The lowest BCUT2D eigenvalue weighted by Crippen LogP contribution is -2.48. The first-order chi connectivity index (χ1) is 11.7. The molecular weight excluding hydrogens is 300 g/mol. The average molecular weight is 324 g/mol. The van der Waals surface area contributed by atoms with E-state index in [2.05, 4.69) is 39.9 Å². The van der Waals surface area contributed by atoms with Crippen LogP contribution in [0.2, 0.25) is 0 Å². The fourth-order valence-corrected chi connectivity index (χ4v) is 3.91. The lowest BCUT2D eigenvalue weighted by molar-refractivity contribution is -0.123. The zero-order valence-electron chi connectivity index (χ0n) is 14.1. The highest BCUT2D eigenvalue weighted by Crippen LogP contribution is 2.31. The maximum atomic E-state index is 12.6. The number of hydrazone groups is 1. The number of fused-ring (bicyclic) bond motifs is 3. The van der Waals surface area contributed by atoms with Crippen molar-refractivity contribution in [2.24, 2.45) is 5.10 Å². The van der Waals surface area contributed by atoms with Gasteiger partial charge in [-0.15, -0.1) is 0 Å². The number of hydrogen-bond donors (Lipinski definition) is 3. The molecule has 3 N–H and O–H groups in total. The molecule has 2 aliphatic rings. The van der Waals surface area contributed by atoms with Gasteiger partial charge in [0.25, 0.3) is 5.91 Å². The lowest BCUT2D eigenvalue weighted by Gasteiger charge is -2.28. The van der Waals surface area contributed by atoms with Crippen LogP contribution in [0, 0.1) is 0 Å². The molecule has 126 valence electrons. The summed E-state index contributed by atoms with van der Waals surface area (Å²) in [7, 11) is 0. The van der Waals surface area contributed by atoms with Crippen LogP contribution in [0.3, 0.4) is 0 Å². The largest absolute Gasteiger partial charge is 0.357 e. The molecule has 2 heterocycles. The Kier molecular flexibility index (Phi) is 4.10. The number of amides is 1. The fraction of sp³-hybridized carbons (Fsp3) is 0.474. The van der Waals surface area contributed by atoms with E-state index in [0.717, 1.165) is 24.1 Å². The van der Waals surface area contributed by atoms with Crippen LogP contribution in [0.15, 0.2) is 29.4 Å². The van der Waals surface area contributed by atoms with Crippen molar-refractivity contribution in [2.45, 2.75) is 57.5 Å². The van der Waals surface area contributed by atoms with Gasteiger partial charge in [0.2, 0.25) is 0 Å². The zero-order chi connectivity index (χ0) is 16.5. The molecule has 4 rings (SSSR count). The van der Waals surface area contributed by atoms with Gasteiger partial charge in [0.15, 0.2) is 0 Å². The van der Waals surface area contributed by atoms with E-state index in [0.29, 0.717) is 6.42 Å². The third kappa shape index (κ3) is 2.84. The average Bonchev–Trinajstić information content (AvgIpc) is 3.00. The van der Waals surface area contributed by atoms with E-state index < -0.39 is 0 Å². The minimum Gasteiger partial charge on any atom is -0.357 e. The molecule has 5 heteroatoms. The summed E-state index contributed by atoms with van der Waals surface area (Å²) in [6.07, 6.45) is 6.37. The molecule has 1 aliphatic carbocycles. The molecule has 1 saturated carbocycles. The van der Waals surface area contributed by atoms with Crippen LogP contribution < -0.4 is 10.7 Å². The summed E-state index contributed by atoms with van der Waals surface area (Å²) in [4.78, 5) is 16.1. The van der Waals surface area contributed by atoms with E-state index in [1.54, 1.807) is 0 Å². The number of H-pyrrole nitrogens is 1. The van der Waals surface area contributed by atoms with Gasteiger partial charge in [-0.05, 0) is 50.7 Å². The first-order valence-electron chi connectivity index (χ1n) is 8.93. The van der Waals surface area contributed by atoms with Crippen LogP contribution in [0.5, 0.6) is 0 Å². The number of nitrogens with one attached hydrogen (secondary N) is 3. The van der Waals surface area contributed by atoms with E-state index in [-0.39, 0.29) is 18.0 Å². The monoisotopic (exact) mass is 324 g/mol. The quantitative estimate of drug-likeness (QED) is 0.743. The highest BCUT2D eigenvalue weighted by molar-refractivity contribution is 5.90. The molecule has 0 spiro atoms. The van der Waals surface area contributed by atoms with Gasteiger partial charge >= 0.3 is 0 Å². The van der Waals surface area contributed by atoms with Crippen molar-refractivity contribution in [3.05, 3.63) is 35.5 Å². The molecule has 0 radical (unpaired) electrons. The molecule has 5 nitrogen and oxygen atoms in total. The summed E-state index contributed by atoms with van der Waals surface area (Å²) in [5, 5.41) is 8.99. The van der Waals surface area contributed by atoms with Crippen LogP contribution in [0.25, 0.3) is 10.9 Å². The number of benzene rings is 1. The second kappa shape index (κ2) is 6.40. The van der Waals surface area contributed by atoms with E-state index in [1.807, 2.05) is 12.1 Å². The molecule has 2 atom stereocenters. The minimum atomic E-state index is -0.236. The summed E-state index contributed by atoms with van der Waals surface area (Å²) >= 11 is 0. The molecule has 1 aromatic heterocycles. The van der Waals surface area contributed by atoms with Crippen LogP contribution >= 0.6 is 0 Å². The summed E-state index contributed by atoms with van der Waals surface area (Å²) < 4.78 is 0. The third-order valence-corrected chi connectivity index (χ3v) is 5.21.